The van der Waals surface area contributed by atoms with Gasteiger partial charge in [0.15, 0.2) is 6.10 Å². The molecule has 6 heteroatoms. The number of aliphatic carboxylic acids is 1. The summed E-state index contributed by atoms with van der Waals surface area (Å²) in [5, 5.41) is 12.3. The lowest BCUT2D eigenvalue weighted by Gasteiger charge is -2.13. The lowest BCUT2D eigenvalue weighted by molar-refractivity contribution is -0.148. The number of carboxylic acid groups (broad SMARTS) is 1. The minimum Gasteiger partial charge on any atom is -0.479 e. The largest absolute Gasteiger partial charge is 0.479 e. The third kappa shape index (κ3) is 3.41. The Bertz CT molecular complexity index is 615. The van der Waals surface area contributed by atoms with Gasteiger partial charge in [0.1, 0.15) is 11.3 Å². The molecule has 1 aromatic carbocycles. The summed E-state index contributed by atoms with van der Waals surface area (Å²) >= 11 is 0. The number of hydrogen-bond acceptors (Lipinski definition) is 4. The maximum atomic E-state index is 12.0. The van der Waals surface area contributed by atoms with Gasteiger partial charge in [0.2, 0.25) is 5.91 Å². The molecule has 0 fully saturated rings. The van der Waals surface area contributed by atoms with E-state index in [0.717, 1.165) is 5.39 Å². The van der Waals surface area contributed by atoms with Crippen molar-refractivity contribution in [2.75, 3.05) is 13.7 Å². The molecule has 0 spiro atoms. The lowest BCUT2D eigenvalue weighted by atomic mass is 10.1. The van der Waals surface area contributed by atoms with Gasteiger partial charge in [-0.1, -0.05) is 18.2 Å². The van der Waals surface area contributed by atoms with Gasteiger partial charge in [-0.15, -0.1) is 0 Å². The van der Waals surface area contributed by atoms with Crippen molar-refractivity contribution in [2.45, 2.75) is 18.9 Å². The highest BCUT2D eigenvalue weighted by Crippen LogP contribution is 2.24. The Morgan fingerprint density at radius 1 is 1.38 bits per heavy atom. The molecule has 2 unspecified atom stereocenters. The second-order valence-electron chi connectivity index (χ2n) is 4.72. The topological polar surface area (TPSA) is 88.8 Å². The second-order valence-corrected chi connectivity index (χ2v) is 4.72. The number of benzene rings is 1. The molecule has 0 aliphatic rings. The van der Waals surface area contributed by atoms with Gasteiger partial charge in [0, 0.05) is 12.5 Å². The van der Waals surface area contributed by atoms with Gasteiger partial charge in [0.05, 0.1) is 12.5 Å². The first-order valence-corrected chi connectivity index (χ1v) is 6.54. The molecule has 0 aliphatic carbocycles. The molecule has 1 amide bonds. The number of fused-ring (bicyclic) bond motifs is 1. The lowest BCUT2D eigenvalue weighted by Crippen LogP contribution is -2.39. The summed E-state index contributed by atoms with van der Waals surface area (Å²) in [6, 6.07) is 9.29. The Hall–Kier alpha value is -2.34. The summed E-state index contributed by atoms with van der Waals surface area (Å²) in [5.74, 6) is -1.40. The number of carboxylic acids is 1. The Morgan fingerprint density at radius 3 is 2.71 bits per heavy atom. The van der Waals surface area contributed by atoms with Gasteiger partial charge in [-0.3, -0.25) is 4.79 Å². The minimum atomic E-state index is -1.12. The number of rotatable bonds is 6. The quantitative estimate of drug-likeness (QED) is 0.846. The number of ether oxygens (including phenoxy) is 1. The van der Waals surface area contributed by atoms with Gasteiger partial charge in [-0.25, -0.2) is 4.79 Å². The molecule has 2 atom stereocenters. The Morgan fingerprint density at radius 2 is 2.10 bits per heavy atom. The predicted molar refractivity (Wildman–Crippen MR) is 76.1 cm³/mol. The highest BCUT2D eigenvalue weighted by atomic mass is 16.5. The smallest absolute Gasteiger partial charge is 0.334 e. The highest BCUT2D eigenvalue weighted by molar-refractivity contribution is 5.86. The third-order valence-corrected chi connectivity index (χ3v) is 3.29. The van der Waals surface area contributed by atoms with Gasteiger partial charge in [-0.2, -0.15) is 0 Å². The normalized spacial score (nSPS) is 13.8. The summed E-state index contributed by atoms with van der Waals surface area (Å²) in [4.78, 5) is 22.8. The number of hydrogen-bond donors (Lipinski definition) is 2. The van der Waals surface area contributed by atoms with Crippen LogP contribution in [-0.4, -0.2) is 36.7 Å². The van der Waals surface area contributed by atoms with Crippen LogP contribution in [-0.2, 0) is 14.3 Å². The van der Waals surface area contributed by atoms with Crippen molar-refractivity contribution in [2.24, 2.45) is 0 Å². The molecule has 0 saturated carbocycles. The number of methoxy groups -OCH3 is 1. The fraction of sp³-hybridized carbons (Fsp3) is 0.333. The molecular formula is C15H17NO5. The molecule has 0 saturated heterocycles. The van der Waals surface area contributed by atoms with Crippen LogP contribution < -0.4 is 5.32 Å². The van der Waals surface area contributed by atoms with Crippen LogP contribution in [0.1, 0.15) is 18.6 Å². The Labute approximate surface area is 121 Å². The van der Waals surface area contributed by atoms with Crippen molar-refractivity contribution in [3.05, 3.63) is 36.1 Å². The number of furan rings is 1. The first-order chi connectivity index (χ1) is 10.0. The van der Waals surface area contributed by atoms with Crippen LogP contribution in [0.2, 0.25) is 0 Å². The highest BCUT2D eigenvalue weighted by Gasteiger charge is 2.22. The van der Waals surface area contributed by atoms with E-state index in [-0.39, 0.29) is 12.5 Å². The fourth-order valence-electron chi connectivity index (χ4n) is 1.96. The van der Waals surface area contributed by atoms with Crippen molar-refractivity contribution in [1.82, 2.24) is 5.32 Å². The SMILES string of the molecule is COC(CNC(=O)C(C)c1cc2ccccc2o1)C(=O)O. The van der Waals surface area contributed by atoms with E-state index in [2.05, 4.69) is 5.32 Å². The van der Waals surface area contributed by atoms with Crippen molar-refractivity contribution in [3.63, 3.8) is 0 Å². The number of nitrogens with one attached hydrogen (secondary N) is 1. The van der Waals surface area contributed by atoms with Crippen molar-refractivity contribution < 1.29 is 23.8 Å². The van der Waals surface area contributed by atoms with Crippen molar-refractivity contribution >= 4 is 22.8 Å². The van der Waals surface area contributed by atoms with Crippen LogP contribution in [0.4, 0.5) is 0 Å². The van der Waals surface area contributed by atoms with E-state index in [1.807, 2.05) is 30.3 Å². The molecule has 2 N–H and O–H groups in total. The van der Waals surface area contributed by atoms with E-state index >= 15 is 0 Å². The van der Waals surface area contributed by atoms with E-state index in [1.165, 1.54) is 7.11 Å². The monoisotopic (exact) mass is 291 g/mol. The number of amides is 1. The van der Waals surface area contributed by atoms with Crippen molar-refractivity contribution in [1.29, 1.82) is 0 Å². The molecule has 0 aliphatic heterocycles. The van der Waals surface area contributed by atoms with Gasteiger partial charge in [-0.05, 0) is 19.1 Å². The first kappa shape index (κ1) is 15.1. The minimum absolute atomic E-state index is 0.0881. The zero-order valence-electron chi connectivity index (χ0n) is 11.8. The van der Waals surface area contributed by atoms with E-state index in [0.29, 0.717) is 11.3 Å². The number of para-hydroxylation sites is 1. The molecule has 2 aromatic rings. The third-order valence-electron chi connectivity index (χ3n) is 3.29. The van der Waals surface area contributed by atoms with E-state index in [9.17, 15) is 9.59 Å². The van der Waals surface area contributed by atoms with Gasteiger partial charge >= 0.3 is 5.97 Å². The van der Waals surface area contributed by atoms with Crippen LogP contribution in [0.25, 0.3) is 11.0 Å². The maximum absolute atomic E-state index is 12.0. The number of carbonyl (C=O) groups is 2. The fourth-order valence-corrected chi connectivity index (χ4v) is 1.96. The van der Waals surface area contributed by atoms with Crippen molar-refractivity contribution in [3.8, 4) is 0 Å². The molecule has 6 nitrogen and oxygen atoms in total. The zero-order chi connectivity index (χ0) is 15.4. The van der Waals surface area contributed by atoms with Crippen LogP contribution in [0.15, 0.2) is 34.7 Å². The molecule has 21 heavy (non-hydrogen) atoms. The Kier molecular flexibility index (Phi) is 4.59. The molecule has 0 bridgehead atoms. The average Bonchev–Trinajstić information content (AvgIpc) is 2.90. The standard InChI is InChI=1S/C15H17NO5/c1-9(14(17)16-8-13(20-2)15(18)19)12-7-10-5-3-4-6-11(10)21-12/h3-7,9,13H,8H2,1-2H3,(H,16,17)(H,18,19). The summed E-state index contributed by atoms with van der Waals surface area (Å²) in [6.07, 6.45) is -1.06. The zero-order valence-corrected chi connectivity index (χ0v) is 11.8. The average molecular weight is 291 g/mol. The Balaban J connectivity index is 2.03. The van der Waals surface area contributed by atoms with Crippen LogP contribution in [0.5, 0.6) is 0 Å². The molecule has 1 aromatic heterocycles. The number of carbonyl (C=O) groups excluding carboxylic acids is 1. The van der Waals surface area contributed by atoms with E-state index in [1.54, 1.807) is 6.92 Å². The molecular weight excluding hydrogens is 274 g/mol. The van der Waals surface area contributed by atoms with Gasteiger partial charge < -0.3 is 19.6 Å². The van der Waals surface area contributed by atoms with Gasteiger partial charge in [0.25, 0.3) is 0 Å². The first-order valence-electron chi connectivity index (χ1n) is 6.54. The van der Waals surface area contributed by atoms with Crippen LogP contribution in [0.3, 0.4) is 0 Å². The molecule has 1 heterocycles. The molecule has 112 valence electrons. The summed E-state index contributed by atoms with van der Waals surface area (Å²) in [5.41, 5.74) is 0.715. The van der Waals surface area contributed by atoms with E-state index in [4.69, 9.17) is 14.3 Å². The molecule has 2 rings (SSSR count). The van der Waals surface area contributed by atoms with Crippen LogP contribution in [0, 0.1) is 0 Å². The summed E-state index contributed by atoms with van der Waals surface area (Å²) < 4.78 is 10.4. The summed E-state index contributed by atoms with van der Waals surface area (Å²) in [7, 11) is 1.29. The van der Waals surface area contributed by atoms with E-state index < -0.39 is 18.0 Å². The van der Waals surface area contributed by atoms with Crippen LogP contribution >= 0.6 is 0 Å². The molecule has 0 radical (unpaired) electrons. The predicted octanol–water partition coefficient (Wildman–Crippen LogP) is 1.75. The maximum Gasteiger partial charge on any atom is 0.334 e. The summed E-state index contributed by atoms with van der Waals surface area (Å²) in [6.45, 7) is 1.62. The second kappa shape index (κ2) is 6.41.